The largest absolute Gasteiger partial charge is 0.313 e. The molecule has 3 nitrogen and oxygen atoms in total. The van der Waals surface area contributed by atoms with E-state index in [-0.39, 0.29) is 0 Å². The first-order valence-electron chi connectivity index (χ1n) is 6.20. The van der Waals surface area contributed by atoms with Crippen molar-refractivity contribution in [1.82, 2.24) is 15.2 Å². The Bertz CT molecular complexity index is 299. The summed E-state index contributed by atoms with van der Waals surface area (Å²) in [6, 6.07) is 6.77. The van der Waals surface area contributed by atoms with E-state index in [1.165, 1.54) is 18.7 Å². The van der Waals surface area contributed by atoms with E-state index in [0.29, 0.717) is 6.04 Å². The molecule has 1 fully saturated rings. The van der Waals surface area contributed by atoms with E-state index in [2.05, 4.69) is 34.3 Å². The molecule has 88 valence electrons. The minimum Gasteiger partial charge on any atom is -0.313 e. The van der Waals surface area contributed by atoms with E-state index in [4.69, 9.17) is 0 Å². The summed E-state index contributed by atoms with van der Waals surface area (Å²) >= 11 is 0. The average molecular weight is 219 g/mol. The Labute approximate surface area is 97.9 Å². The molecule has 0 bridgehead atoms. The zero-order valence-corrected chi connectivity index (χ0v) is 10.0. The lowest BCUT2D eigenvalue weighted by atomic mass is 10.2. The molecular formula is C13H21N3. The summed E-state index contributed by atoms with van der Waals surface area (Å²) in [5, 5.41) is 3.52. The number of hydrogen-bond acceptors (Lipinski definition) is 3. The summed E-state index contributed by atoms with van der Waals surface area (Å²) in [5.74, 6) is 0. The predicted octanol–water partition coefficient (Wildman–Crippen LogP) is 1.31. The molecular weight excluding hydrogens is 198 g/mol. The first-order valence-corrected chi connectivity index (χ1v) is 6.20. The van der Waals surface area contributed by atoms with Crippen molar-refractivity contribution < 1.29 is 0 Å². The lowest BCUT2D eigenvalue weighted by Gasteiger charge is -2.21. The number of nitrogens with zero attached hydrogens (tertiary/aromatic N) is 2. The van der Waals surface area contributed by atoms with Gasteiger partial charge in [0, 0.05) is 37.4 Å². The molecule has 0 aliphatic carbocycles. The van der Waals surface area contributed by atoms with Crippen LogP contribution in [0.4, 0.5) is 0 Å². The lowest BCUT2D eigenvalue weighted by molar-refractivity contribution is 0.275. The van der Waals surface area contributed by atoms with Gasteiger partial charge in [-0.3, -0.25) is 4.98 Å². The molecule has 1 aromatic rings. The lowest BCUT2D eigenvalue weighted by Crippen LogP contribution is -2.36. The van der Waals surface area contributed by atoms with Gasteiger partial charge in [0.2, 0.25) is 0 Å². The third kappa shape index (κ3) is 3.58. The number of aromatic nitrogens is 1. The molecule has 1 atom stereocenters. The highest BCUT2D eigenvalue weighted by Crippen LogP contribution is 2.03. The highest BCUT2D eigenvalue weighted by Gasteiger charge is 2.13. The van der Waals surface area contributed by atoms with Crippen LogP contribution in [0, 0.1) is 0 Å². The van der Waals surface area contributed by atoms with Crippen molar-refractivity contribution in [2.75, 3.05) is 26.2 Å². The maximum atomic E-state index is 4.36. The molecule has 0 radical (unpaired) electrons. The Kier molecular flexibility index (Phi) is 4.31. The molecule has 1 N–H and O–H groups in total. The van der Waals surface area contributed by atoms with E-state index in [1.807, 2.05) is 12.3 Å². The van der Waals surface area contributed by atoms with Gasteiger partial charge < -0.3 is 10.2 Å². The summed E-state index contributed by atoms with van der Waals surface area (Å²) in [6.07, 6.45) is 4.20. The van der Waals surface area contributed by atoms with E-state index in [0.717, 1.165) is 26.1 Å². The first kappa shape index (κ1) is 11.6. The zero-order valence-electron chi connectivity index (χ0n) is 10.0. The van der Waals surface area contributed by atoms with Crippen molar-refractivity contribution >= 4 is 0 Å². The van der Waals surface area contributed by atoms with Crippen LogP contribution in [0.15, 0.2) is 24.4 Å². The van der Waals surface area contributed by atoms with Gasteiger partial charge in [0.25, 0.3) is 0 Å². The van der Waals surface area contributed by atoms with Crippen LogP contribution in [-0.4, -0.2) is 42.1 Å². The van der Waals surface area contributed by atoms with Crippen LogP contribution in [0.1, 0.15) is 19.0 Å². The molecule has 0 aromatic carbocycles. The Morgan fingerprint density at radius 2 is 2.44 bits per heavy atom. The van der Waals surface area contributed by atoms with Gasteiger partial charge in [0.05, 0.1) is 0 Å². The van der Waals surface area contributed by atoms with Crippen LogP contribution in [0.2, 0.25) is 0 Å². The molecule has 1 aliphatic rings. The molecule has 16 heavy (non-hydrogen) atoms. The highest BCUT2D eigenvalue weighted by atomic mass is 15.2. The van der Waals surface area contributed by atoms with Crippen LogP contribution in [0.3, 0.4) is 0 Å². The van der Waals surface area contributed by atoms with Gasteiger partial charge in [0.15, 0.2) is 0 Å². The van der Waals surface area contributed by atoms with Crippen molar-refractivity contribution in [3.05, 3.63) is 30.1 Å². The van der Waals surface area contributed by atoms with Crippen molar-refractivity contribution in [3.8, 4) is 0 Å². The number of rotatable bonds is 3. The summed E-state index contributed by atoms with van der Waals surface area (Å²) in [5.41, 5.74) is 1.20. The summed E-state index contributed by atoms with van der Waals surface area (Å²) in [4.78, 5) is 6.90. The maximum absolute atomic E-state index is 4.36. The van der Waals surface area contributed by atoms with Crippen LogP contribution in [0.25, 0.3) is 0 Å². The number of pyridine rings is 1. The van der Waals surface area contributed by atoms with E-state index in [9.17, 15) is 0 Å². The van der Waals surface area contributed by atoms with Crippen molar-refractivity contribution in [2.45, 2.75) is 25.8 Å². The average Bonchev–Trinajstić information content (AvgIpc) is 2.52. The number of hydrogen-bond donors (Lipinski definition) is 1. The molecule has 0 amide bonds. The normalized spacial score (nSPS) is 22.9. The molecule has 1 aromatic heterocycles. The van der Waals surface area contributed by atoms with Crippen LogP contribution < -0.4 is 5.32 Å². The topological polar surface area (TPSA) is 28.2 Å². The monoisotopic (exact) mass is 219 g/mol. The maximum Gasteiger partial charge on any atom is 0.0416 e. The Morgan fingerprint density at radius 1 is 1.50 bits per heavy atom. The molecule has 0 saturated carbocycles. The van der Waals surface area contributed by atoms with Crippen LogP contribution >= 0.6 is 0 Å². The fourth-order valence-corrected chi connectivity index (χ4v) is 2.22. The van der Waals surface area contributed by atoms with Crippen LogP contribution in [-0.2, 0) is 6.42 Å². The molecule has 1 unspecified atom stereocenters. The zero-order chi connectivity index (χ0) is 11.2. The van der Waals surface area contributed by atoms with E-state index >= 15 is 0 Å². The molecule has 2 rings (SSSR count). The Morgan fingerprint density at radius 3 is 3.25 bits per heavy atom. The summed E-state index contributed by atoms with van der Waals surface area (Å²) in [6.45, 7) is 6.92. The van der Waals surface area contributed by atoms with Gasteiger partial charge in [-0.2, -0.15) is 0 Å². The highest BCUT2D eigenvalue weighted by molar-refractivity contribution is 5.03. The molecule has 1 saturated heterocycles. The quantitative estimate of drug-likeness (QED) is 0.831. The summed E-state index contributed by atoms with van der Waals surface area (Å²) < 4.78 is 0. The summed E-state index contributed by atoms with van der Waals surface area (Å²) in [7, 11) is 0. The van der Waals surface area contributed by atoms with Crippen molar-refractivity contribution in [1.29, 1.82) is 0 Å². The van der Waals surface area contributed by atoms with Gasteiger partial charge in [-0.1, -0.05) is 6.07 Å². The minimum atomic E-state index is 0.617. The molecule has 0 spiro atoms. The second-order valence-electron chi connectivity index (χ2n) is 4.58. The predicted molar refractivity (Wildman–Crippen MR) is 66.5 cm³/mol. The van der Waals surface area contributed by atoms with Crippen LogP contribution in [0.5, 0.6) is 0 Å². The third-order valence-corrected chi connectivity index (χ3v) is 3.09. The second kappa shape index (κ2) is 5.97. The van der Waals surface area contributed by atoms with E-state index in [1.54, 1.807) is 0 Å². The van der Waals surface area contributed by atoms with Gasteiger partial charge in [-0.05, 0) is 38.6 Å². The minimum absolute atomic E-state index is 0.617. The van der Waals surface area contributed by atoms with Gasteiger partial charge in [-0.15, -0.1) is 0 Å². The Hall–Kier alpha value is -0.930. The molecule has 3 heteroatoms. The van der Waals surface area contributed by atoms with Gasteiger partial charge >= 0.3 is 0 Å². The standard InChI is InChI=1S/C13H21N3/c1-12-11-16(9-4-8-14-12)10-6-13-5-2-3-7-15-13/h2-3,5,7,12,14H,4,6,8-11H2,1H3. The number of nitrogens with one attached hydrogen (secondary N) is 1. The van der Waals surface area contributed by atoms with Crippen molar-refractivity contribution in [3.63, 3.8) is 0 Å². The smallest absolute Gasteiger partial charge is 0.0416 e. The van der Waals surface area contributed by atoms with Crippen molar-refractivity contribution in [2.24, 2.45) is 0 Å². The fraction of sp³-hybridized carbons (Fsp3) is 0.615. The molecule has 1 aliphatic heterocycles. The fourth-order valence-electron chi connectivity index (χ4n) is 2.22. The van der Waals surface area contributed by atoms with E-state index < -0.39 is 0 Å². The first-order chi connectivity index (χ1) is 7.84. The second-order valence-corrected chi connectivity index (χ2v) is 4.58. The Balaban J connectivity index is 1.80. The van der Waals surface area contributed by atoms with Gasteiger partial charge in [0.1, 0.15) is 0 Å². The van der Waals surface area contributed by atoms with Gasteiger partial charge in [-0.25, -0.2) is 0 Å². The third-order valence-electron chi connectivity index (χ3n) is 3.09. The SMILES string of the molecule is CC1CN(CCc2ccccn2)CCCN1. The molecule has 2 heterocycles.